The largest absolute Gasteiger partial charge is 0.495 e. The third kappa shape index (κ3) is 9.14. The number of aryl methyl sites for hydroxylation is 1. The molecule has 4 aromatic carbocycles. The Balaban J connectivity index is 1.50. The van der Waals surface area contributed by atoms with Crippen molar-refractivity contribution >= 4 is 64.2 Å². The Morgan fingerprint density at radius 1 is 0.911 bits per heavy atom. The maximum Gasteiger partial charge on any atom is 0.272 e. The fraction of sp³-hybridized carbons (Fsp3) is 0.171. The number of ether oxygens (including phenoxy) is 1. The second kappa shape index (κ2) is 15.3. The van der Waals surface area contributed by atoms with Crippen LogP contribution in [0.25, 0.3) is 6.08 Å². The van der Waals surface area contributed by atoms with Crippen molar-refractivity contribution in [3.05, 3.63) is 118 Å². The van der Waals surface area contributed by atoms with Gasteiger partial charge in [0.05, 0.1) is 18.0 Å². The van der Waals surface area contributed by atoms with Gasteiger partial charge in [-0.05, 0) is 79.6 Å². The molecule has 8 nitrogen and oxygen atoms in total. The molecule has 0 aliphatic heterocycles. The zero-order chi connectivity index (χ0) is 32.5. The lowest BCUT2D eigenvalue weighted by Crippen LogP contribution is -2.30. The van der Waals surface area contributed by atoms with E-state index in [2.05, 4.69) is 16.0 Å². The van der Waals surface area contributed by atoms with Crippen LogP contribution in [0.15, 0.2) is 102 Å². The number of carbonyl (C=O) groups is 3. The van der Waals surface area contributed by atoms with Crippen LogP contribution in [0.2, 0.25) is 5.02 Å². The van der Waals surface area contributed by atoms with Gasteiger partial charge in [-0.2, -0.15) is 0 Å². The number of thioether (sulfide) groups is 1. The van der Waals surface area contributed by atoms with E-state index in [9.17, 15) is 14.4 Å². The zero-order valence-electron chi connectivity index (χ0n) is 25.7. The summed E-state index contributed by atoms with van der Waals surface area (Å²) in [4.78, 5) is 42.3. The first kappa shape index (κ1) is 33.2. The van der Waals surface area contributed by atoms with E-state index >= 15 is 0 Å². The van der Waals surface area contributed by atoms with Crippen molar-refractivity contribution in [2.75, 3.05) is 36.7 Å². The lowest BCUT2D eigenvalue weighted by Gasteiger charge is -2.16. The number of hydrogen-bond acceptors (Lipinski definition) is 6. The fourth-order valence-electron chi connectivity index (χ4n) is 4.25. The second-order valence-electron chi connectivity index (χ2n) is 10.4. The Morgan fingerprint density at radius 3 is 2.29 bits per heavy atom. The summed E-state index contributed by atoms with van der Waals surface area (Å²) < 4.78 is 5.37. The molecule has 4 rings (SSSR count). The highest BCUT2D eigenvalue weighted by atomic mass is 35.5. The molecule has 3 amide bonds. The minimum absolute atomic E-state index is 0.0828. The quantitative estimate of drug-likeness (QED) is 0.118. The van der Waals surface area contributed by atoms with Crippen molar-refractivity contribution in [1.29, 1.82) is 0 Å². The molecule has 0 aromatic heterocycles. The minimum Gasteiger partial charge on any atom is -0.495 e. The summed E-state index contributed by atoms with van der Waals surface area (Å²) in [6.45, 7) is 3.64. The summed E-state index contributed by atoms with van der Waals surface area (Å²) in [6.07, 6.45) is 1.63. The number of hydrogen-bond donors (Lipinski definition) is 3. The van der Waals surface area contributed by atoms with E-state index < -0.39 is 17.1 Å². The Labute approximate surface area is 272 Å². The van der Waals surface area contributed by atoms with E-state index in [-0.39, 0.29) is 11.6 Å². The van der Waals surface area contributed by atoms with E-state index in [1.54, 1.807) is 67.6 Å². The van der Waals surface area contributed by atoms with Gasteiger partial charge in [-0.1, -0.05) is 48.0 Å². The van der Waals surface area contributed by atoms with Crippen LogP contribution in [0.3, 0.4) is 0 Å². The molecule has 10 heteroatoms. The SMILES string of the molecule is COc1cc(Cl)c(C)cc1NC(=O)C(C)Sc1cccc(NC(=O)/C(=C\c2ccc(N(C)C)cc2)NC(=O)c2ccccc2)c1. The van der Waals surface area contributed by atoms with Crippen LogP contribution in [-0.4, -0.2) is 44.2 Å². The molecule has 0 radical (unpaired) electrons. The average molecular weight is 643 g/mol. The molecule has 0 bridgehead atoms. The Hall–Kier alpha value is -4.73. The van der Waals surface area contributed by atoms with Gasteiger partial charge in [-0.3, -0.25) is 14.4 Å². The number of anilines is 3. The maximum absolute atomic E-state index is 13.5. The van der Waals surface area contributed by atoms with Gasteiger partial charge in [0.25, 0.3) is 11.8 Å². The molecule has 0 fully saturated rings. The Morgan fingerprint density at radius 2 is 1.62 bits per heavy atom. The van der Waals surface area contributed by atoms with Crippen LogP contribution < -0.4 is 25.6 Å². The number of nitrogens with zero attached hydrogens (tertiary/aromatic N) is 1. The van der Waals surface area contributed by atoms with Crippen LogP contribution in [0.1, 0.15) is 28.4 Å². The van der Waals surface area contributed by atoms with Crippen molar-refractivity contribution in [2.45, 2.75) is 24.0 Å². The van der Waals surface area contributed by atoms with E-state index in [1.807, 2.05) is 62.3 Å². The van der Waals surface area contributed by atoms with Crippen LogP contribution in [0.5, 0.6) is 5.75 Å². The summed E-state index contributed by atoms with van der Waals surface area (Å²) >= 11 is 7.53. The van der Waals surface area contributed by atoms with Gasteiger partial charge in [-0.25, -0.2) is 0 Å². The standard InChI is InChI=1S/C35H35ClN4O4S/c1-22-18-30(32(44-5)21-29(22)36)38-33(41)23(2)45-28-13-9-12-26(20-28)37-35(43)31(39-34(42)25-10-7-6-8-11-25)19-24-14-16-27(17-15-24)40(3)4/h6-21,23H,1-5H3,(H,37,43)(H,38,41)(H,39,42)/b31-19+. The van der Waals surface area contributed by atoms with Crippen molar-refractivity contribution < 1.29 is 19.1 Å². The monoisotopic (exact) mass is 642 g/mol. The molecule has 4 aromatic rings. The Kier molecular flexibility index (Phi) is 11.3. The predicted octanol–water partition coefficient (Wildman–Crippen LogP) is 7.25. The summed E-state index contributed by atoms with van der Waals surface area (Å²) in [5.74, 6) is -0.644. The molecule has 0 heterocycles. The van der Waals surface area contributed by atoms with Crippen LogP contribution >= 0.6 is 23.4 Å². The second-order valence-corrected chi connectivity index (χ2v) is 12.2. The summed E-state index contributed by atoms with van der Waals surface area (Å²) in [6, 6.07) is 26.9. The van der Waals surface area contributed by atoms with E-state index in [0.717, 1.165) is 21.7 Å². The number of carbonyl (C=O) groups excluding carboxylic acids is 3. The third-order valence-corrected chi connectivity index (χ3v) is 8.26. The van der Waals surface area contributed by atoms with Crippen molar-refractivity contribution in [1.82, 2.24) is 5.32 Å². The lowest BCUT2D eigenvalue weighted by atomic mass is 10.1. The third-order valence-electron chi connectivity index (χ3n) is 6.76. The van der Waals surface area contributed by atoms with Gasteiger partial charge >= 0.3 is 0 Å². The summed E-state index contributed by atoms with van der Waals surface area (Å²) in [5, 5.41) is 8.64. The zero-order valence-corrected chi connectivity index (χ0v) is 27.3. The first-order chi connectivity index (χ1) is 21.5. The molecule has 0 aliphatic carbocycles. The summed E-state index contributed by atoms with van der Waals surface area (Å²) in [5.41, 5.74) is 4.12. The van der Waals surface area contributed by atoms with E-state index in [0.29, 0.717) is 27.7 Å². The van der Waals surface area contributed by atoms with Gasteiger partial charge in [0.15, 0.2) is 0 Å². The maximum atomic E-state index is 13.5. The highest BCUT2D eigenvalue weighted by molar-refractivity contribution is 8.00. The minimum atomic E-state index is -0.492. The number of nitrogens with one attached hydrogen (secondary N) is 3. The Bertz CT molecular complexity index is 1710. The highest BCUT2D eigenvalue weighted by Gasteiger charge is 2.19. The summed E-state index contributed by atoms with van der Waals surface area (Å²) in [7, 11) is 5.41. The van der Waals surface area contributed by atoms with E-state index in [4.69, 9.17) is 16.3 Å². The average Bonchev–Trinajstić information content (AvgIpc) is 3.03. The van der Waals surface area contributed by atoms with E-state index in [1.165, 1.54) is 18.9 Å². The molecule has 3 N–H and O–H groups in total. The molecule has 0 saturated heterocycles. The van der Waals surface area contributed by atoms with Gasteiger partial charge in [-0.15, -0.1) is 11.8 Å². The topological polar surface area (TPSA) is 99.8 Å². The molecule has 45 heavy (non-hydrogen) atoms. The lowest BCUT2D eigenvalue weighted by molar-refractivity contribution is -0.115. The van der Waals surface area contributed by atoms with Gasteiger partial charge < -0.3 is 25.6 Å². The first-order valence-corrected chi connectivity index (χ1v) is 15.4. The van der Waals surface area contributed by atoms with Crippen molar-refractivity contribution in [3.63, 3.8) is 0 Å². The van der Waals surface area contributed by atoms with Crippen LogP contribution in [0, 0.1) is 6.92 Å². The predicted molar refractivity (Wildman–Crippen MR) is 184 cm³/mol. The normalized spacial score (nSPS) is 11.7. The number of amides is 3. The molecule has 0 aliphatic rings. The van der Waals surface area contributed by atoms with Crippen LogP contribution in [-0.2, 0) is 9.59 Å². The van der Waals surface area contributed by atoms with Crippen molar-refractivity contribution in [2.24, 2.45) is 0 Å². The number of methoxy groups -OCH3 is 1. The smallest absolute Gasteiger partial charge is 0.272 e. The highest BCUT2D eigenvalue weighted by Crippen LogP contribution is 2.32. The number of rotatable bonds is 11. The molecule has 0 spiro atoms. The van der Waals surface area contributed by atoms with Crippen LogP contribution in [0.4, 0.5) is 17.1 Å². The number of halogens is 1. The molecular weight excluding hydrogens is 608 g/mol. The molecule has 1 unspecified atom stereocenters. The van der Waals surface area contributed by atoms with Crippen molar-refractivity contribution in [3.8, 4) is 5.75 Å². The number of benzene rings is 4. The molecule has 232 valence electrons. The van der Waals surface area contributed by atoms with Gasteiger partial charge in [0.2, 0.25) is 5.91 Å². The molecular formula is C35H35ClN4O4S. The molecule has 1 atom stereocenters. The van der Waals surface area contributed by atoms with Gasteiger partial charge in [0, 0.05) is 47.0 Å². The first-order valence-electron chi connectivity index (χ1n) is 14.1. The van der Waals surface area contributed by atoms with Gasteiger partial charge in [0.1, 0.15) is 11.4 Å². The fourth-order valence-corrected chi connectivity index (χ4v) is 5.33. The molecule has 0 saturated carbocycles.